The molecule has 0 spiro atoms. The monoisotopic (exact) mass is 267 g/mol. The summed E-state index contributed by atoms with van der Waals surface area (Å²) in [5.74, 6) is 0. The zero-order valence-corrected chi connectivity index (χ0v) is 13.0. The molecule has 2 atom stereocenters. The van der Waals surface area contributed by atoms with Crippen LogP contribution in [0.2, 0.25) is 0 Å². The first kappa shape index (κ1) is 15.3. The van der Waals surface area contributed by atoms with Crippen LogP contribution in [0.15, 0.2) is 0 Å². The van der Waals surface area contributed by atoms with Crippen LogP contribution in [-0.2, 0) is 0 Å². The minimum Gasteiger partial charge on any atom is -0.315 e. The Bertz CT molecular complexity index is 244. The fraction of sp³-hybridized carbons (Fsp3) is 1.00. The van der Waals surface area contributed by atoms with Gasteiger partial charge in [0, 0.05) is 31.7 Å². The number of unbranched alkanes of at least 4 members (excludes halogenated alkanes) is 1. The lowest BCUT2D eigenvalue weighted by molar-refractivity contribution is 0.0486. The second kappa shape index (κ2) is 8.23. The van der Waals surface area contributed by atoms with Crippen LogP contribution in [0.1, 0.15) is 52.4 Å². The molecular weight excluding hydrogens is 234 g/mol. The summed E-state index contributed by atoms with van der Waals surface area (Å²) < 4.78 is 0. The number of fused-ring (bicyclic) bond motifs is 1. The Morgan fingerprint density at radius 1 is 1.16 bits per heavy atom. The number of nitrogens with one attached hydrogen (secondary N) is 1. The first-order chi connectivity index (χ1) is 9.29. The Morgan fingerprint density at radius 3 is 2.89 bits per heavy atom. The molecule has 3 nitrogen and oxygen atoms in total. The molecule has 0 aliphatic carbocycles. The number of rotatable bonds is 7. The van der Waals surface area contributed by atoms with Crippen LogP contribution >= 0.6 is 0 Å². The highest BCUT2D eigenvalue weighted by molar-refractivity contribution is 4.84. The molecule has 2 unspecified atom stereocenters. The number of hydrogen-bond acceptors (Lipinski definition) is 3. The molecule has 0 bridgehead atoms. The summed E-state index contributed by atoms with van der Waals surface area (Å²) in [4.78, 5) is 5.44. The minimum absolute atomic E-state index is 0.695. The van der Waals surface area contributed by atoms with E-state index in [1.807, 2.05) is 0 Å². The van der Waals surface area contributed by atoms with Crippen molar-refractivity contribution in [3.8, 4) is 0 Å². The minimum atomic E-state index is 0.695. The van der Waals surface area contributed by atoms with Gasteiger partial charge in [0.2, 0.25) is 0 Å². The van der Waals surface area contributed by atoms with Crippen LogP contribution in [0.25, 0.3) is 0 Å². The number of piperazine rings is 1. The Morgan fingerprint density at radius 2 is 2.05 bits per heavy atom. The van der Waals surface area contributed by atoms with Gasteiger partial charge in [0.1, 0.15) is 0 Å². The summed E-state index contributed by atoms with van der Waals surface area (Å²) in [5, 5.41) is 3.50. The van der Waals surface area contributed by atoms with E-state index in [9.17, 15) is 0 Å². The highest BCUT2D eigenvalue weighted by Crippen LogP contribution is 2.21. The largest absolute Gasteiger partial charge is 0.315 e. The molecular formula is C16H33N3. The number of piperidine rings is 1. The maximum Gasteiger partial charge on any atom is 0.0223 e. The van der Waals surface area contributed by atoms with Crippen molar-refractivity contribution in [1.82, 2.24) is 15.1 Å². The van der Waals surface area contributed by atoms with Gasteiger partial charge >= 0.3 is 0 Å². The van der Waals surface area contributed by atoms with Crippen molar-refractivity contribution in [2.24, 2.45) is 0 Å². The third-order valence-electron chi connectivity index (χ3n) is 4.84. The van der Waals surface area contributed by atoms with E-state index in [0.29, 0.717) is 6.04 Å². The molecule has 0 amide bonds. The molecule has 0 aromatic heterocycles. The molecule has 0 aromatic rings. The van der Waals surface area contributed by atoms with Gasteiger partial charge in [-0.25, -0.2) is 0 Å². The second-order valence-corrected chi connectivity index (χ2v) is 6.44. The molecule has 0 aromatic carbocycles. The first-order valence-electron chi connectivity index (χ1n) is 8.49. The molecule has 2 saturated heterocycles. The Labute approximate surface area is 119 Å². The summed E-state index contributed by atoms with van der Waals surface area (Å²) in [6, 6.07) is 1.57. The Hall–Kier alpha value is -0.120. The van der Waals surface area contributed by atoms with E-state index in [1.165, 1.54) is 71.2 Å². The average Bonchev–Trinajstić information content (AvgIpc) is 2.44. The van der Waals surface area contributed by atoms with Crippen LogP contribution < -0.4 is 5.32 Å². The van der Waals surface area contributed by atoms with Gasteiger partial charge in [-0.3, -0.25) is 4.90 Å². The summed E-state index contributed by atoms with van der Waals surface area (Å²) in [5.41, 5.74) is 0. The number of nitrogens with zero attached hydrogens (tertiary/aromatic N) is 2. The van der Waals surface area contributed by atoms with E-state index in [4.69, 9.17) is 0 Å². The van der Waals surface area contributed by atoms with Crippen LogP contribution in [0.5, 0.6) is 0 Å². The van der Waals surface area contributed by atoms with Gasteiger partial charge < -0.3 is 10.2 Å². The van der Waals surface area contributed by atoms with E-state index in [-0.39, 0.29) is 0 Å². The lowest BCUT2D eigenvalue weighted by atomic mass is 9.99. The highest BCUT2D eigenvalue weighted by Gasteiger charge is 2.28. The first-order valence-corrected chi connectivity index (χ1v) is 8.49. The fourth-order valence-corrected chi connectivity index (χ4v) is 3.66. The summed E-state index contributed by atoms with van der Waals surface area (Å²) in [6.07, 6.45) is 8.40. The van der Waals surface area contributed by atoms with Crippen LogP contribution in [0.4, 0.5) is 0 Å². The maximum atomic E-state index is 3.50. The van der Waals surface area contributed by atoms with Gasteiger partial charge in [0.25, 0.3) is 0 Å². The molecule has 2 fully saturated rings. The Balaban J connectivity index is 1.56. The quantitative estimate of drug-likeness (QED) is 0.714. The Kier molecular flexibility index (Phi) is 6.62. The third-order valence-corrected chi connectivity index (χ3v) is 4.84. The number of hydrogen-bond donors (Lipinski definition) is 1. The normalized spacial score (nSPS) is 27.2. The average molecular weight is 267 g/mol. The zero-order chi connectivity index (χ0) is 13.5. The van der Waals surface area contributed by atoms with E-state index >= 15 is 0 Å². The molecule has 0 radical (unpaired) electrons. The van der Waals surface area contributed by atoms with Crippen molar-refractivity contribution >= 4 is 0 Å². The lowest BCUT2D eigenvalue weighted by Gasteiger charge is -2.44. The molecule has 3 heteroatoms. The predicted octanol–water partition coefficient (Wildman–Crippen LogP) is 2.32. The molecule has 1 N–H and O–H groups in total. The van der Waals surface area contributed by atoms with Crippen molar-refractivity contribution in [2.45, 2.75) is 64.5 Å². The van der Waals surface area contributed by atoms with Crippen LogP contribution in [0, 0.1) is 0 Å². The van der Waals surface area contributed by atoms with Gasteiger partial charge in [-0.05, 0) is 52.2 Å². The molecule has 2 aliphatic rings. The fourth-order valence-electron chi connectivity index (χ4n) is 3.66. The van der Waals surface area contributed by atoms with E-state index in [2.05, 4.69) is 29.0 Å². The van der Waals surface area contributed by atoms with Crippen molar-refractivity contribution in [3.05, 3.63) is 0 Å². The van der Waals surface area contributed by atoms with Crippen molar-refractivity contribution < 1.29 is 0 Å². The lowest BCUT2D eigenvalue weighted by Crippen LogP contribution is -2.54. The van der Waals surface area contributed by atoms with Crippen molar-refractivity contribution in [2.75, 3.05) is 39.3 Å². The molecule has 2 aliphatic heterocycles. The smallest absolute Gasteiger partial charge is 0.0223 e. The zero-order valence-electron chi connectivity index (χ0n) is 13.0. The highest BCUT2D eigenvalue weighted by atomic mass is 15.3. The standard InChI is InChI=1S/C16H33N3/c1-3-17-15(2)8-4-6-10-18-12-13-19-11-7-5-9-16(19)14-18/h15-17H,3-14H2,1-2H3. The molecule has 0 saturated carbocycles. The van der Waals surface area contributed by atoms with Gasteiger partial charge in [-0.2, -0.15) is 0 Å². The van der Waals surface area contributed by atoms with Crippen LogP contribution in [0.3, 0.4) is 0 Å². The van der Waals surface area contributed by atoms with Crippen molar-refractivity contribution in [1.29, 1.82) is 0 Å². The molecule has 112 valence electrons. The van der Waals surface area contributed by atoms with Crippen molar-refractivity contribution in [3.63, 3.8) is 0 Å². The molecule has 2 rings (SSSR count). The molecule has 19 heavy (non-hydrogen) atoms. The van der Waals surface area contributed by atoms with Crippen LogP contribution in [-0.4, -0.2) is 61.2 Å². The SMILES string of the molecule is CCNC(C)CCCCN1CCN2CCCCC2C1. The van der Waals surface area contributed by atoms with E-state index in [1.54, 1.807) is 0 Å². The van der Waals surface area contributed by atoms with Gasteiger partial charge in [0.05, 0.1) is 0 Å². The van der Waals surface area contributed by atoms with E-state index in [0.717, 1.165) is 12.6 Å². The van der Waals surface area contributed by atoms with Gasteiger partial charge in [-0.15, -0.1) is 0 Å². The maximum absolute atomic E-state index is 3.50. The third kappa shape index (κ3) is 5.05. The second-order valence-electron chi connectivity index (χ2n) is 6.44. The summed E-state index contributed by atoms with van der Waals surface area (Å²) in [7, 11) is 0. The van der Waals surface area contributed by atoms with Gasteiger partial charge in [-0.1, -0.05) is 19.8 Å². The van der Waals surface area contributed by atoms with E-state index < -0.39 is 0 Å². The summed E-state index contributed by atoms with van der Waals surface area (Å²) >= 11 is 0. The predicted molar refractivity (Wildman–Crippen MR) is 82.6 cm³/mol. The molecule has 2 heterocycles. The summed E-state index contributed by atoms with van der Waals surface area (Å²) in [6.45, 7) is 12.2. The van der Waals surface area contributed by atoms with Gasteiger partial charge in [0.15, 0.2) is 0 Å². The topological polar surface area (TPSA) is 18.5 Å².